The maximum Gasteiger partial charge on any atom is -0.0446 e. The molecule has 0 fully saturated rings. The van der Waals surface area contributed by atoms with E-state index in [2.05, 4.69) is 0 Å². The van der Waals surface area contributed by atoms with Gasteiger partial charge in [-0.25, -0.2) is 0 Å². The zero-order chi connectivity index (χ0) is 3.58. The first-order valence-electron chi connectivity index (χ1n) is 0.704. The van der Waals surface area contributed by atoms with Gasteiger partial charge in [-0.15, -0.1) is 0 Å². The van der Waals surface area contributed by atoms with E-state index in [1.54, 1.807) is 0 Å². The monoisotopic (exact) mass is 58.0 g/mol. The number of hydrogen-bond acceptors (Lipinski definition) is 1. The van der Waals surface area contributed by atoms with Gasteiger partial charge in [0.15, 0.2) is 0 Å². The number of carbonyl (C=O) groups excluding carboxylic acids is 1. The predicted molar refractivity (Wildman–Crippen MR) is 14.0 cm³/mol. The van der Waals surface area contributed by atoms with Crippen LogP contribution in [0.1, 0.15) is 0 Å². The molecule has 0 bridgehead atoms. The van der Waals surface area contributed by atoms with Crippen LogP contribution in [0.3, 0.4) is 0 Å². The van der Waals surface area contributed by atoms with Gasteiger partial charge >= 0.3 is 0 Å². The molecule has 0 aliphatic carbocycles. The Labute approximate surface area is 23.6 Å². The molecular weight excluding hydrogens is 56.0 g/mol. The van der Waals surface area contributed by atoms with E-state index in [9.17, 15) is 0 Å². The molecule has 2 amide bonds. The zero-order valence-electron chi connectivity index (χ0n) is 1.91. The third kappa shape index (κ3) is 0.174. The van der Waals surface area contributed by atoms with Crippen LogP contribution in [0.2, 0.25) is 0 Å². The second-order valence-electron chi connectivity index (χ2n) is 0.329. The van der Waals surface area contributed by atoms with Crippen LogP contribution in [0, 0.1) is 0 Å². The Bertz CT molecular complexity index is 29.0. The lowest BCUT2D eigenvalue weighted by Gasteiger charge is -1.94. The van der Waals surface area contributed by atoms with Crippen molar-refractivity contribution in [1.82, 2.24) is 0 Å². The highest BCUT2D eigenvalue weighted by Crippen LogP contribution is 1.64. The molecule has 0 unspecified atom stereocenters. The van der Waals surface area contributed by atoms with E-state index in [-0.39, 0.29) is 0 Å². The van der Waals surface area contributed by atoms with Gasteiger partial charge in [-0.05, 0) is 6.03 Å². The van der Waals surface area contributed by atoms with E-state index in [1.807, 2.05) is 0 Å². The lowest BCUT2D eigenvalue weighted by atomic mass is 11.2. The summed E-state index contributed by atoms with van der Waals surface area (Å²) >= 11 is 0. The third-order valence-electron chi connectivity index (χ3n) is 0. The average molecular weight is 58.0 g/mol. The molecule has 0 aromatic heterocycles. The Kier molecular flexibility index (Phi) is 0.581. The van der Waals surface area contributed by atoms with Crippen molar-refractivity contribution in [1.29, 1.82) is 0 Å². The van der Waals surface area contributed by atoms with Gasteiger partial charge in [0.2, 0.25) is 0 Å². The fraction of sp³-hybridized carbons (Fsp3) is 0. The molecule has 4 heavy (non-hydrogen) atoms. The summed E-state index contributed by atoms with van der Waals surface area (Å²) in [6, 6.07) is -1.33. The van der Waals surface area contributed by atoms with Gasteiger partial charge < -0.3 is 16.3 Å². The molecule has 2 N–H and O–H groups in total. The molecule has 0 spiro atoms. The first kappa shape index (κ1) is 3.27. The molecule has 0 saturated carbocycles. The summed E-state index contributed by atoms with van der Waals surface area (Å²) in [5.41, 5.74) is 11.2. The van der Waals surface area contributed by atoms with Gasteiger partial charge in [0.25, 0.3) is 0 Å². The molecule has 0 aliphatic rings. The van der Waals surface area contributed by atoms with Crippen molar-refractivity contribution in [3.63, 3.8) is 0 Å². The Morgan fingerprint density at radius 1 is 1.50 bits per heavy atom. The van der Waals surface area contributed by atoms with E-state index in [0.717, 1.165) is 0 Å². The smallest absolute Gasteiger partial charge is 0.0446 e. The molecule has 3 nitrogen and oxygen atoms in total. The topological polar surface area (TPSA) is 64.7 Å². The normalized spacial score (nSPS) is 6.00. The van der Waals surface area contributed by atoms with Crippen molar-refractivity contribution in [2.24, 2.45) is 0 Å². The maximum absolute atomic E-state index is 8.78. The third-order valence-corrected chi connectivity index (χ3v) is 0. The maximum atomic E-state index is 8.78. The molecule has 0 aromatic carbocycles. The molecule has 0 heterocycles. The van der Waals surface area contributed by atoms with Crippen LogP contribution >= 0.6 is 0 Å². The van der Waals surface area contributed by atoms with Gasteiger partial charge in [0.1, 0.15) is 0 Å². The van der Waals surface area contributed by atoms with Crippen LogP contribution in [0.25, 0.3) is 11.5 Å². The molecule has 24 valence electrons. The lowest BCUT2D eigenvalue weighted by molar-refractivity contribution is 0.267. The van der Waals surface area contributed by atoms with E-state index >= 15 is 0 Å². The molecule has 0 rings (SSSR count). The predicted octanol–water partition coefficient (Wildman–Crippen LogP) is 1.21. The standard InChI is InChI=1S/CH3N2O/c2-1(3)4/h(H3-,2,3,4)/q-1/p-1. The Balaban J connectivity index is 2.80. The number of urea groups is 1. The summed E-state index contributed by atoms with van der Waals surface area (Å²) in [5, 5.41) is 0. The minimum atomic E-state index is -1.33. The fourth-order valence-corrected chi connectivity index (χ4v) is 0. The van der Waals surface area contributed by atoms with Gasteiger partial charge in [-0.1, -0.05) is 0 Å². The van der Waals surface area contributed by atoms with Crippen LogP contribution < -0.4 is 0 Å². The quantitative estimate of drug-likeness (QED) is 0.412. The summed E-state index contributed by atoms with van der Waals surface area (Å²) in [7, 11) is 0. The average Bonchev–Trinajstić information content (AvgIpc) is 0.811. The summed E-state index contributed by atoms with van der Waals surface area (Å²) in [4.78, 5) is 8.78. The Morgan fingerprint density at radius 2 is 1.50 bits per heavy atom. The molecule has 0 aliphatic heterocycles. The van der Waals surface area contributed by atoms with Gasteiger partial charge in [0.05, 0.1) is 0 Å². The van der Waals surface area contributed by atoms with E-state index in [4.69, 9.17) is 16.3 Å². The largest absolute Gasteiger partial charge is 0.684 e. The molecule has 0 saturated heterocycles. The minimum Gasteiger partial charge on any atom is -0.684 e. The first-order valence-corrected chi connectivity index (χ1v) is 0.704. The summed E-state index contributed by atoms with van der Waals surface area (Å²) < 4.78 is 0. The first-order chi connectivity index (χ1) is 1.73. The van der Waals surface area contributed by atoms with Crippen LogP contribution in [0.4, 0.5) is 4.79 Å². The van der Waals surface area contributed by atoms with Crippen LogP contribution in [0.5, 0.6) is 0 Å². The number of amides is 2. The number of nitrogens with one attached hydrogen (secondary N) is 2. The van der Waals surface area contributed by atoms with Crippen LogP contribution in [0.15, 0.2) is 0 Å². The summed E-state index contributed by atoms with van der Waals surface area (Å²) in [6.45, 7) is 0. The number of rotatable bonds is 0. The lowest BCUT2D eigenvalue weighted by Crippen LogP contribution is -1.59. The summed E-state index contributed by atoms with van der Waals surface area (Å²) in [5.74, 6) is 0. The van der Waals surface area contributed by atoms with Crippen molar-refractivity contribution in [2.45, 2.75) is 0 Å². The summed E-state index contributed by atoms with van der Waals surface area (Å²) in [6.07, 6.45) is 0. The van der Waals surface area contributed by atoms with Crippen molar-refractivity contribution < 1.29 is 4.79 Å². The Morgan fingerprint density at radius 3 is 1.50 bits per heavy atom. The highest BCUT2D eigenvalue weighted by atomic mass is 16.2. The SMILES string of the molecule is [NH-]C([NH-])=O. The number of carbonyl (C=O) groups is 1. The van der Waals surface area contributed by atoms with Gasteiger partial charge in [0, 0.05) is 0 Å². The molecule has 3 heteroatoms. The molecule has 0 atom stereocenters. The van der Waals surface area contributed by atoms with Crippen molar-refractivity contribution >= 4 is 6.03 Å². The minimum absolute atomic E-state index is 1.33. The van der Waals surface area contributed by atoms with Gasteiger partial charge in [-0.2, -0.15) is 0 Å². The Hall–Kier alpha value is -0.730. The van der Waals surface area contributed by atoms with Crippen molar-refractivity contribution in [2.75, 3.05) is 0 Å². The van der Waals surface area contributed by atoms with Crippen molar-refractivity contribution in [3.8, 4) is 0 Å². The van der Waals surface area contributed by atoms with E-state index in [0.29, 0.717) is 0 Å². The second-order valence-corrected chi connectivity index (χ2v) is 0.329. The molecular formula is CH2N2O-2. The van der Waals surface area contributed by atoms with Crippen LogP contribution in [-0.2, 0) is 0 Å². The zero-order valence-corrected chi connectivity index (χ0v) is 1.91. The fourth-order valence-electron chi connectivity index (χ4n) is 0. The number of hydrogen-bond donors (Lipinski definition) is 0. The van der Waals surface area contributed by atoms with E-state index in [1.165, 1.54) is 0 Å². The highest BCUT2D eigenvalue weighted by Gasteiger charge is 1.28. The highest BCUT2D eigenvalue weighted by molar-refractivity contribution is 5.89. The van der Waals surface area contributed by atoms with Crippen molar-refractivity contribution in [3.05, 3.63) is 11.5 Å². The molecule has 0 aromatic rings. The van der Waals surface area contributed by atoms with E-state index < -0.39 is 6.03 Å². The van der Waals surface area contributed by atoms with Crippen LogP contribution in [-0.4, -0.2) is 6.03 Å². The molecule has 0 radical (unpaired) electrons. The van der Waals surface area contributed by atoms with Gasteiger partial charge in [-0.3, -0.25) is 0 Å². The second kappa shape index (κ2) is 0.711.